The van der Waals surface area contributed by atoms with Crippen molar-refractivity contribution < 1.29 is 19.1 Å². The maximum Gasteiger partial charge on any atom is 0.330 e. The first-order chi connectivity index (χ1) is 14.6. The molecule has 1 saturated heterocycles. The van der Waals surface area contributed by atoms with Crippen molar-refractivity contribution in [3.8, 4) is 0 Å². The Labute approximate surface area is 175 Å². The number of nitrogens with zero attached hydrogens (tertiary/aromatic N) is 2. The topological polar surface area (TPSA) is 88.6 Å². The quantitative estimate of drug-likeness (QED) is 0.587. The fraction of sp³-hybridized carbons (Fsp3) is 0.304. The van der Waals surface area contributed by atoms with E-state index in [-0.39, 0.29) is 23.7 Å². The number of carbonyl (C=O) groups is 3. The monoisotopic (exact) mass is 407 g/mol. The highest BCUT2D eigenvalue weighted by molar-refractivity contribution is 5.95. The van der Waals surface area contributed by atoms with Crippen molar-refractivity contribution in [2.24, 2.45) is 5.92 Å². The summed E-state index contributed by atoms with van der Waals surface area (Å²) in [6, 6.07) is 10.6. The number of carbonyl (C=O) groups excluding carboxylic acids is 3. The highest BCUT2D eigenvalue weighted by atomic mass is 16.5. The molecule has 2 heterocycles. The van der Waals surface area contributed by atoms with Crippen molar-refractivity contribution in [1.82, 2.24) is 9.88 Å². The zero-order valence-corrected chi connectivity index (χ0v) is 16.9. The Morgan fingerprint density at radius 3 is 2.40 bits per heavy atom. The van der Waals surface area contributed by atoms with Crippen molar-refractivity contribution in [2.75, 3.05) is 25.0 Å². The summed E-state index contributed by atoms with van der Waals surface area (Å²) in [5.41, 5.74) is 2.15. The highest BCUT2D eigenvalue weighted by Crippen LogP contribution is 2.21. The normalized spacial score (nSPS) is 14.5. The summed E-state index contributed by atoms with van der Waals surface area (Å²) in [7, 11) is 0. The SMILES string of the molecule is CCOC(=O)C=Cc1ccc(NC(=O)C2CCN(C(=O)c3ccncc3)CC2)cc1. The van der Waals surface area contributed by atoms with Crippen LogP contribution in [0.3, 0.4) is 0 Å². The summed E-state index contributed by atoms with van der Waals surface area (Å²) in [4.78, 5) is 42.2. The number of nitrogens with one attached hydrogen (secondary N) is 1. The molecule has 0 bridgehead atoms. The molecule has 1 fully saturated rings. The van der Waals surface area contributed by atoms with Gasteiger partial charge in [0.2, 0.25) is 5.91 Å². The number of pyridine rings is 1. The van der Waals surface area contributed by atoms with Crippen LogP contribution in [0.15, 0.2) is 54.9 Å². The number of rotatable bonds is 6. The largest absolute Gasteiger partial charge is 0.463 e. The van der Waals surface area contributed by atoms with Crippen LogP contribution in [0.2, 0.25) is 0 Å². The maximum atomic E-state index is 12.6. The first-order valence-electron chi connectivity index (χ1n) is 10.0. The van der Waals surface area contributed by atoms with E-state index in [4.69, 9.17) is 4.74 Å². The van der Waals surface area contributed by atoms with E-state index in [0.717, 1.165) is 5.56 Å². The zero-order valence-electron chi connectivity index (χ0n) is 16.9. The molecule has 3 rings (SSSR count). The second-order valence-corrected chi connectivity index (χ2v) is 7.00. The molecule has 0 radical (unpaired) electrons. The number of aromatic nitrogens is 1. The molecule has 1 N–H and O–H groups in total. The Balaban J connectivity index is 1.49. The fourth-order valence-electron chi connectivity index (χ4n) is 3.30. The van der Waals surface area contributed by atoms with E-state index < -0.39 is 0 Å². The third-order valence-electron chi connectivity index (χ3n) is 4.96. The van der Waals surface area contributed by atoms with Crippen LogP contribution in [0.1, 0.15) is 35.7 Å². The van der Waals surface area contributed by atoms with Gasteiger partial charge in [-0.3, -0.25) is 14.6 Å². The van der Waals surface area contributed by atoms with E-state index in [0.29, 0.717) is 43.8 Å². The van der Waals surface area contributed by atoms with Crippen LogP contribution in [0.5, 0.6) is 0 Å². The Bertz CT molecular complexity index is 902. The third kappa shape index (κ3) is 5.76. The zero-order chi connectivity index (χ0) is 21.3. The number of benzene rings is 1. The average molecular weight is 407 g/mol. The highest BCUT2D eigenvalue weighted by Gasteiger charge is 2.27. The van der Waals surface area contributed by atoms with Gasteiger partial charge in [0.15, 0.2) is 0 Å². The summed E-state index contributed by atoms with van der Waals surface area (Å²) in [5.74, 6) is -0.581. The maximum absolute atomic E-state index is 12.6. The first-order valence-corrected chi connectivity index (χ1v) is 10.0. The van der Waals surface area contributed by atoms with Crippen molar-refractivity contribution in [2.45, 2.75) is 19.8 Å². The lowest BCUT2D eigenvalue weighted by molar-refractivity contribution is -0.137. The second-order valence-electron chi connectivity index (χ2n) is 7.00. The van der Waals surface area contributed by atoms with E-state index >= 15 is 0 Å². The van der Waals surface area contributed by atoms with Crippen LogP contribution in [0, 0.1) is 5.92 Å². The minimum Gasteiger partial charge on any atom is -0.463 e. The lowest BCUT2D eigenvalue weighted by Crippen LogP contribution is -2.41. The van der Waals surface area contributed by atoms with Gasteiger partial charge in [-0.15, -0.1) is 0 Å². The molecule has 0 atom stereocenters. The molecule has 7 heteroatoms. The summed E-state index contributed by atoms with van der Waals surface area (Å²) in [6.45, 7) is 3.20. The van der Waals surface area contributed by atoms with Gasteiger partial charge in [0.25, 0.3) is 5.91 Å². The van der Waals surface area contributed by atoms with Gasteiger partial charge in [0.1, 0.15) is 0 Å². The van der Waals surface area contributed by atoms with Crippen molar-refractivity contribution in [1.29, 1.82) is 0 Å². The van der Waals surface area contributed by atoms with Gasteiger partial charge in [0, 0.05) is 48.7 Å². The van der Waals surface area contributed by atoms with Crippen molar-refractivity contribution in [3.63, 3.8) is 0 Å². The summed E-state index contributed by atoms with van der Waals surface area (Å²) in [5, 5.41) is 2.93. The number of hydrogen-bond acceptors (Lipinski definition) is 5. The van der Waals surface area contributed by atoms with Gasteiger partial charge in [-0.25, -0.2) is 4.79 Å². The average Bonchev–Trinajstić information content (AvgIpc) is 2.79. The van der Waals surface area contributed by atoms with E-state index in [1.165, 1.54) is 6.08 Å². The van der Waals surface area contributed by atoms with Gasteiger partial charge in [0.05, 0.1) is 6.61 Å². The summed E-state index contributed by atoms with van der Waals surface area (Å²) in [6.07, 6.45) is 7.50. The molecular formula is C23H25N3O4. The lowest BCUT2D eigenvalue weighted by atomic mass is 9.95. The van der Waals surface area contributed by atoms with Crippen LogP contribution in [-0.2, 0) is 14.3 Å². The number of ether oxygens (including phenoxy) is 1. The van der Waals surface area contributed by atoms with Crippen molar-refractivity contribution >= 4 is 29.5 Å². The molecule has 0 aliphatic carbocycles. The Hall–Kier alpha value is -3.48. The molecule has 2 aromatic rings. The number of likely N-dealkylation sites (tertiary alicyclic amines) is 1. The Morgan fingerprint density at radius 1 is 1.10 bits per heavy atom. The standard InChI is InChI=1S/C23H25N3O4/c1-2-30-21(27)8-5-17-3-6-20(7-4-17)25-22(28)18-11-15-26(16-12-18)23(29)19-9-13-24-14-10-19/h3-10,13-14,18H,2,11-12,15-16H2,1H3,(H,25,28). The van der Waals surface area contributed by atoms with Gasteiger partial charge in [-0.1, -0.05) is 12.1 Å². The summed E-state index contributed by atoms with van der Waals surface area (Å²) < 4.78 is 4.84. The second kappa shape index (κ2) is 10.3. The van der Waals surface area contributed by atoms with E-state index in [1.807, 2.05) is 12.1 Å². The van der Waals surface area contributed by atoms with Gasteiger partial charge in [-0.2, -0.15) is 0 Å². The number of esters is 1. The molecule has 0 saturated carbocycles. The molecule has 0 spiro atoms. The van der Waals surface area contributed by atoms with Crippen LogP contribution in [0.4, 0.5) is 5.69 Å². The molecule has 0 unspecified atom stereocenters. The summed E-state index contributed by atoms with van der Waals surface area (Å²) >= 11 is 0. The minimum absolute atomic E-state index is 0.0253. The van der Waals surface area contributed by atoms with Crippen LogP contribution >= 0.6 is 0 Å². The predicted molar refractivity (Wildman–Crippen MR) is 114 cm³/mol. The Morgan fingerprint density at radius 2 is 1.77 bits per heavy atom. The Kier molecular flexibility index (Phi) is 7.32. The molecule has 30 heavy (non-hydrogen) atoms. The van der Waals surface area contributed by atoms with Crippen LogP contribution in [0.25, 0.3) is 6.08 Å². The molecule has 1 aliphatic heterocycles. The van der Waals surface area contributed by atoms with Crippen molar-refractivity contribution in [3.05, 3.63) is 66.0 Å². The molecule has 7 nitrogen and oxygen atoms in total. The number of hydrogen-bond donors (Lipinski definition) is 1. The predicted octanol–water partition coefficient (Wildman–Crippen LogP) is 3.15. The molecule has 1 aliphatic rings. The molecule has 156 valence electrons. The number of piperidine rings is 1. The minimum atomic E-state index is -0.386. The lowest BCUT2D eigenvalue weighted by Gasteiger charge is -2.31. The fourth-order valence-corrected chi connectivity index (χ4v) is 3.30. The van der Waals surface area contributed by atoms with Crippen LogP contribution in [-0.4, -0.2) is 47.4 Å². The molecular weight excluding hydrogens is 382 g/mol. The molecule has 2 amide bonds. The van der Waals surface area contributed by atoms with Gasteiger partial charge in [-0.05, 0) is 55.7 Å². The number of anilines is 1. The van der Waals surface area contributed by atoms with E-state index in [1.54, 1.807) is 54.6 Å². The number of amides is 2. The molecule has 1 aromatic heterocycles. The smallest absolute Gasteiger partial charge is 0.330 e. The van der Waals surface area contributed by atoms with Crippen LogP contribution < -0.4 is 5.32 Å². The van der Waals surface area contributed by atoms with Gasteiger partial charge < -0.3 is 15.0 Å². The van der Waals surface area contributed by atoms with E-state index in [9.17, 15) is 14.4 Å². The van der Waals surface area contributed by atoms with Gasteiger partial charge >= 0.3 is 5.97 Å². The van der Waals surface area contributed by atoms with E-state index in [2.05, 4.69) is 10.3 Å². The molecule has 1 aromatic carbocycles. The third-order valence-corrected chi connectivity index (χ3v) is 4.96. The first kappa shape index (κ1) is 21.2.